The van der Waals surface area contributed by atoms with Crippen LogP contribution in [0, 0.1) is 5.41 Å². The van der Waals surface area contributed by atoms with Gasteiger partial charge in [0.1, 0.15) is 0 Å². The fourth-order valence-corrected chi connectivity index (χ4v) is 5.09. The molecule has 0 saturated heterocycles. The van der Waals surface area contributed by atoms with E-state index in [1.165, 1.54) is 39.2 Å². The van der Waals surface area contributed by atoms with Crippen LogP contribution < -0.4 is 4.90 Å². The van der Waals surface area contributed by atoms with Crippen LogP contribution in [0.1, 0.15) is 11.1 Å². The molecule has 0 saturated carbocycles. The summed E-state index contributed by atoms with van der Waals surface area (Å²) < 4.78 is 0. The van der Waals surface area contributed by atoms with Gasteiger partial charge in [0.05, 0.1) is 11.4 Å². The van der Waals surface area contributed by atoms with Crippen LogP contribution >= 0.6 is 0 Å². The Morgan fingerprint density at radius 2 is 1.27 bits per heavy atom. The van der Waals surface area contributed by atoms with Crippen LogP contribution in [0.2, 0.25) is 0 Å². The van der Waals surface area contributed by atoms with Crippen molar-refractivity contribution in [2.24, 2.45) is 0 Å². The van der Waals surface area contributed by atoms with Crippen molar-refractivity contribution >= 4 is 40.1 Å². The Balaban J connectivity index is 1.69. The van der Waals surface area contributed by atoms with Gasteiger partial charge in [0.15, 0.2) is 0 Å². The van der Waals surface area contributed by atoms with Crippen LogP contribution in [0.15, 0.2) is 110 Å². The van der Waals surface area contributed by atoms with E-state index >= 15 is 0 Å². The molecule has 0 amide bonds. The summed E-state index contributed by atoms with van der Waals surface area (Å²) in [6.45, 7) is 4.07. The van der Waals surface area contributed by atoms with Gasteiger partial charge in [0, 0.05) is 28.4 Å². The number of para-hydroxylation sites is 1. The van der Waals surface area contributed by atoms with Crippen molar-refractivity contribution in [2.45, 2.75) is 0 Å². The molecule has 0 bridgehead atoms. The first-order chi connectivity index (χ1) is 16.3. The molecule has 2 nitrogen and oxygen atoms in total. The predicted molar refractivity (Wildman–Crippen MR) is 141 cm³/mol. The van der Waals surface area contributed by atoms with Crippen LogP contribution in [0.4, 0.5) is 17.1 Å². The van der Waals surface area contributed by atoms with Crippen LogP contribution in [0.25, 0.3) is 39.1 Å². The van der Waals surface area contributed by atoms with Crippen molar-refractivity contribution in [3.63, 3.8) is 0 Å². The lowest BCUT2D eigenvalue weighted by Crippen LogP contribution is -2.12. The molecule has 33 heavy (non-hydrogen) atoms. The average molecular weight is 423 g/mol. The summed E-state index contributed by atoms with van der Waals surface area (Å²) in [5, 5.41) is 10.4. The summed E-state index contributed by atoms with van der Waals surface area (Å²) in [6.07, 6.45) is 3.25. The fourth-order valence-electron chi connectivity index (χ4n) is 5.09. The Labute approximate surface area is 193 Å². The van der Waals surface area contributed by atoms with E-state index in [2.05, 4.69) is 96.4 Å². The largest absolute Gasteiger partial charge is 0.309 e. The number of nitrogens with zero attached hydrogens (tertiary/aromatic N) is 1. The maximum absolute atomic E-state index is 7.91. The standard InChI is InChI=1S/C31H22N2/c1-2-23-21(20-32)10-8-17-29(23)33(22-11-4-3-5-12-22)30-19-18-27-25-14-7-6-13-24(25)26-15-9-16-28(30)31(26)27/h2-20,32H,1H2. The van der Waals surface area contributed by atoms with E-state index in [1.807, 2.05) is 24.3 Å². The summed E-state index contributed by atoms with van der Waals surface area (Å²) in [6, 6.07) is 36.2. The molecule has 0 atom stereocenters. The molecule has 0 unspecified atom stereocenters. The summed E-state index contributed by atoms with van der Waals surface area (Å²) in [5.74, 6) is 0. The summed E-state index contributed by atoms with van der Waals surface area (Å²) in [7, 11) is 0. The number of fused-ring (bicyclic) bond motifs is 3. The zero-order chi connectivity index (χ0) is 22.4. The second-order valence-corrected chi connectivity index (χ2v) is 8.21. The van der Waals surface area contributed by atoms with Gasteiger partial charge in [-0.1, -0.05) is 91.5 Å². The Morgan fingerprint density at radius 3 is 2.00 bits per heavy atom. The minimum atomic E-state index is 0.849. The number of hydrogen-bond donors (Lipinski definition) is 1. The van der Waals surface area contributed by atoms with Gasteiger partial charge in [-0.05, 0) is 51.9 Å². The summed E-state index contributed by atoms with van der Waals surface area (Å²) in [4.78, 5) is 2.29. The normalized spacial score (nSPS) is 11.3. The molecule has 5 aromatic rings. The van der Waals surface area contributed by atoms with E-state index in [-0.39, 0.29) is 0 Å². The molecule has 0 spiro atoms. The maximum atomic E-state index is 7.91. The van der Waals surface area contributed by atoms with Crippen molar-refractivity contribution in [1.29, 1.82) is 5.41 Å². The first kappa shape index (κ1) is 19.3. The lowest BCUT2D eigenvalue weighted by molar-refractivity contribution is 1.29. The van der Waals surface area contributed by atoms with Crippen molar-refractivity contribution in [3.05, 3.63) is 121 Å². The van der Waals surface area contributed by atoms with E-state index in [9.17, 15) is 0 Å². The molecule has 156 valence electrons. The van der Waals surface area contributed by atoms with Crippen LogP contribution in [0.5, 0.6) is 0 Å². The van der Waals surface area contributed by atoms with Gasteiger partial charge in [0.25, 0.3) is 0 Å². The van der Waals surface area contributed by atoms with E-state index in [1.54, 1.807) is 0 Å². The Hall–Kier alpha value is -4.43. The number of hydrogen-bond acceptors (Lipinski definition) is 2. The zero-order valence-electron chi connectivity index (χ0n) is 18.1. The van der Waals surface area contributed by atoms with E-state index < -0.39 is 0 Å². The highest BCUT2D eigenvalue weighted by Gasteiger charge is 2.25. The third-order valence-corrected chi connectivity index (χ3v) is 6.50. The van der Waals surface area contributed by atoms with Crippen LogP contribution in [-0.2, 0) is 0 Å². The monoisotopic (exact) mass is 422 g/mol. The van der Waals surface area contributed by atoms with Gasteiger partial charge >= 0.3 is 0 Å². The number of nitrogens with one attached hydrogen (secondary N) is 1. The highest BCUT2D eigenvalue weighted by molar-refractivity contribution is 6.19. The molecule has 0 heterocycles. The molecule has 6 rings (SSSR count). The molecule has 1 N–H and O–H groups in total. The first-order valence-corrected chi connectivity index (χ1v) is 11.1. The zero-order valence-corrected chi connectivity index (χ0v) is 18.1. The molecule has 2 heteroatoms. The smallest absolute Gasteiger partial charge is 0.0540 e. The molecular formula is C31H22N2. The van der Waals surface area contributed by atoms with E-state index in [4.69, 9.17) is 5.41 Å². The lowest BCUT2D eigenvalue weighted by Gasteiger charge is -2.29. The van der Waals surface area contributed by atoms with E-state index in [0.29, 0.717) is 0 Å². The predicted octanol–water partition coefficient (Wildman–Crippen LogP) is 8.60. The van der Waals surface area contributed by atoms with Crippen molar-refractivity contribution in [2.75, 3.05) is 4.90 Å². The lowest BCUT2D eigenvalue weighted by atomic mass is 9.99. The molecule has 0 radical (unpaired) electrons. The van der Waals surface area contributed by atoms with Gasteiger partial charge in [0.2, 0.25) is 0 Å². The van der Waals surface area contributed by atoms with Crippen LogP contribution in [-0.4, -0.2) is 6.21 Å². The van der Waals surface area contributed by atoms with Gasteiger partial charge < -0.3 is 10.3 Å². The molecular weight excluding hydrogens is 400 g/mol. The highest BCUT2D eigenvalue weighted by atomic mass is 15.1. The summed E-state index contributed by atoms with van der Waals surface area (Å²) >= 11 is 0. The van der Waals surface area contributed by atoms with Gasteiger partial charge in [-0.15, -0.1) is 0 Å². The molecule has 0 aromatic heterocycles. The minimum absolute atomic E-state index is 0.849. The molecule has 5 aromatic carbocycles. The summed E-state index contributed by atoms with van der Waals surface area (Å²) in [5.41, 5.74) is 10.1. The number of rotatable bonds is 5. The molecule has 0 aliphatic heterocycles. The Kier molecular flexibility index (Phi) is 4.44. The minimum Gasteiger partial charge on any atom is -0.309 e. The highest BCUT2D eigenvalue weighted by Crippen LogP contribution is 2.51. The van der Waals surface area contributed by atoms with Crippen molar-refractivity contribution in [1.82, 2.24) is 0 Å². The number of benzene rings is 5. The van der Waals surface area contributed by atoms with Gasteiger partial charge in [-0.25, -0.2) is 0 Å². The van der Waals surface area contributed by atoms with Crippen molar-refractivity contribution < 1.29 is 0 Å². The van der Waals surface area contributed by atoms with Gasteiger partial charge in [-0.3, -0.25) is 0 Å². The topological polar surface area (TPSA) is 27.1 Å². The third-order valence-electron chi connectivity index (χ3n) is 6.50. The SMILES string of the molecule is C=Cc1c(C=N)cccc1N(c1ccccc1)c1ccc2c3c(cccc13)-c1ccccc1-2. The Bertz CT molecular complexity index is 1520. The third kappa shape index (κ3) is 2.85. The fraction of sp³-hybridized carbons (Fsp3) is 0. The van der Waals surface area contributed by atoms with E-state index in [0.717, 1.165) is 28.2 Å². The number of anilines is 3. The Morgan fingerprint density at radius 1 is 0.606 bits per heavy atom. The molecule has 1 aliphatic carbocycles. The quantitative estimate of drug-likeness (QED) is 0.277. The second kappa shape index (κ2) is 7.61. The second-order valence-electron chi connectivity index (χ2n) is 8.21. The molecule has 0 fully saturated rings. The van der Waals surface area contributed by atoms with Crippen molar-refractivity contribution in [3.8, 4) is 22.3 Å². The molecule has 1 aliphatic rings. The average Bonchev–Trinajstić information content (AvgIpc) is 3.21. The first-order valence-electron chi connectivity index (χ1n) is 11.1. The maximum Gasteiger partial charge on any atom is 0.0540 e. The van der Waals surface area contributed by atoms with Gasteiger partial charge in [-0.2, -0.15) is 0 Å². The van der Waals surface area contributed by atoms with Crippen LogP contribution in [0.3, 0.4) is 0 Å².